The van der Waals surface area contributed by atoms with E-state index in [0.717, 1.165) is 11.3 Å². The molecular formula is C17H17NO4. The van der Waals surface area contributed by atoms with Crippen molar-refractivity contribution >= 4 is 5.91 Å². The van der Waals surface area contributed by atoms with Crippen molar-refractivity contribution in [1.82, 2.24) is 5.32 Å². The molecule has 1 amide bonds. The number of hydrogen-bond donors (Lipinski definition) is 1. The molecule has 0 unspecified atom stereocenters. The van der Waals surface area contributed by atoms with Crippen molar-refractivity contribution in [2.75, 3.05) is 13.7 Å². The number of methoxy groups -OCH3 is 1. The normalized spacial score (nSPS) is 16.0. The third-order valence-electron chi connectivity index (χ3n) is 3.45. The lowest BCUT2D eigenvalue weighted by atomic mass is 10.2. The van der Waals surface area contributed by atoms with Crippen LogP contribution >= 0.6 is 0 Å². The first-order valence-corrected chi connectivity index (χ1v) is 7.06. The minimum atomic E-state index is -0.649. The fourth-order valence-corrected chi connectivity index (χ4v) is 2.29. The summed E-state index contributed by atoms with van der Waals surface area (Å²) in [4.78, 5) is 12.2. The van der Waals surface area contributed by atoms with E-state index in [2.05, 4.69) is 5.32 Å². The SMILES string of the molecule is COc1ccccc1CNC(=O)[C@H]1COc2ccccc2O1. The van der Waals surface area contributed by atoms with Gasteiger partial charge in [0, 0.05) is 12.1 Å². The Morgan fingerprint density at radius 1 is 1.18 bits per heavy atom. The first-order chi connectivity index (χ1) is 10.8. The minimum absolute atomic E-state index is 0.203. The average Bonchev–Trinajstić information content (AvgIpc) is 2.59. The summed E-state index contributed by atoms with van der Waals surface area (Å²) >= 11 is 0. The first kappa shape index (κ1) is 14.3. The maximum absolute atomic E-state index is 12.2. The number of nitrogens with one attached hydrogen (secondary N) is 1. The Kier molecular flexibility index (Phi) is 4.14. The molecule has 2 aromatic rings. The third-order valence-corrected chi connectivity index (χ3v) is 3.45. The number of amides is 1. The van der Waals surface area contributed by atoms with E-state index in [9.17, 15) is 4.79 Å². The second-order valence-corrected chi connectivity index (χ2v) is 4.89. The maximum Gasteiger partial charge on any atom is 0.264 e. The van der Waals surface area contributed by atoms with Crippen molar-refractivity contribution in [2.45, 2.75) is 12.6 Å². The Morgan fingerprint density at radius 3 is 2.73 bits per heavy atom. The minimum Gasteiger partial charge on any atom is -0.496 e. The van der Waals surface area contributed by atoms with E-state index >= 15 is 0 Å². The molecule has 0 saturated heterocycles. The molecule has 0 fully saturated rings. The van der Waals surface area contributed by atoms with Crippen LogP contribution in [0.4, 0.5) is 0 Å². The van der Waals surface area contributed by atoms with Crippen molar-refractivity contribution in [2.24, 2.45) is 0 Å². The van der Waals surface area contributed by atoms with Crippen LogP contribution in [0.25, 0.3) is 0 Å². The van der Waals surface area contributed by atoms with Crippen LogP contribution in [0.2, 0.25) is 0 Å². The molecule has 2 aromatic carbocycles. The Bertz CT molecular complexity index is 671. The number of ether oxygens (including phenoxy) is 3. The summed E-state index contributed by atoms with van der Waals surface area (Å²) in [5.74, 6) is 1.79. The number of benzene rings is 2. The smallest absolute Gasteiger partial charge is 0.264 e. The monoisotopic (exact) mass is 299 g/mol. The lowest BCUT2D eigenvalue weighted by Gasteiger charge is -2.25. The Hall–Kier alpha value is -2.69. The molecule has 1 aliphatic heterocycles. The zero-order valence-electron chi connectivity index (χ0n) is 12.2. The molecule has 114 valence electrons. The topological polar surface area (TPSA) is 56.8 Å². The van der Waals surface area contributed by atoms with Crippen LogP contribution in [-0.4, -0.2) is 25.7 Å². The highest BCUT2D eigenvalue weighted by atomic mass is 16.6. The number of hydrogen-bond acceptors (Lipinski definition) is 4. The van der Waals surface area contributed by atoms with Gasteiger partial charge in [-0.3, -0.25) is 4.79 Å². The molecule has 5 heteroatoms. The lowest BCUT2D eigenvalue weighted by molar-refractivity contribution is -0.130. The van der Waals surface area contributed by atoms with Crippen molar-refractivity contribution < 1.29 is 19.0 Å². The Labute approximate surface area is 128 Å². The molecule has 0 radical (unpaired) electrons. The molecule has 1 aliphatic rings. The van der Waals surface area contributed by atoms with Crippen LogP contribution < -0.4 is 19.5 Å². The third kappa shape index (κ3) is 2.98. The van der Waals surface area contributed by atoms with Crippen LogP contribution in [-0.2, 0) is 11.3 Å². The average molecular weight is 299 g/mol. The van der Waals surface area contributed by atoms with Gasteiger partial charge in [-0.25, -0.2) is 0 Å². The van der Waals surface area contributed by atoms with E-state index in [1.54, 1.807) is 13.2 Å². The van der Waals surface area contributed by atoms with Crippen LogP contribution in [0.3, 0.4) is 0 Å². The fraction of sp³-hybridized carbons (Fsp3) is 0.235. The second-order valence-electron chi connectivity index (χ2n) is 4.89. The maximum atomic E-state index is 12.2. The fourth-order valence-electron chi connectivity index (χ4n) is 2.29. The second kappa shape index (κ2) is 6.39. The van der Waals surface area contributed by atoms with Crippen LogP contribution in [0.1, 0.15) is 5.56 Å². The van der Waals surface area contributed by atoms with E-state index in [1.807, 2.05) is 42.5 Å². The van der Waals surface area contributed by atoms with E-state index in [4.69, 9.17) is 14.2 Å². The summed E-state index contributed by atoms with van der Waals surface area (Å²) in [6, 6.07) is 14.9. The number of rotatable bonds is 4. The summed E-state index contributed by atoms with van der Waals surface area (Å²) in [6.45, 7) is 0.582. The van der Waals surface area contributed by atoms with Crippen molar-refractivity contribution in [3.63, 3.8) is 0 Å². The molecule has 3 rings (SSSR count). The van der Waals surface area contributed by atoms with Gasteiger partial charge in [0.1, 0.15) is 12.4 Å². The lowest BCUT2D eigenvalue weighted by Crippen LogP contribution is -2.43. The Morgan fingerprint density at radius 2 is 1.91 bits per heavy atom. The van der Waals surface area contributed by atoms with Gasteiger partial charge in [0.05, 0.1) is 7.11 Å². The van der Waals surface area contributed by atoms with Gasteiger partial charge >= 0.3 is 0 Å². The molecule has 0 aliphatic carbocycles. The summed E-state index contributed by atoms with van der Waals surface area (Å²) in [7, 11) is 1.61. The molecular weight excluding hydrogens is 282 g/mol. The highest BCUT2D eigenvalue weighted by molar-refractivity contribution is 5.81. The molecule has 0 aromatic heterocycles. The number of carbonyl (C=O) groups excluding carboxylic acids is 1. The van der Waals surface area contributed by atoms with Gasteiger partial charge in [0.15, 0.2) is 11.5 Å². The predicted octanol–water partition coefficient (Wildman–Crippen LogP) is 2.15. The van der Waals surface area contributed by atoms with Gasteiger partial charge in [0.2, 0.25) is 6.10 Å². The number of carbonyl (C=O) groups is 1. The molecule has 0 saturated carbocycles. The molecule has 1 atom stereocenters. The summed E-state index contributed by atoms with van der Waals surface area (Å²) in [5, 5.41) is 2.85. The summed E-state index contributed by atoms with van der Waals surface area (Å²) in [6.07, 6.45) is -0.649. The largest absolute Gasteiger partial charge is 0.496 e. The van der Waals surface area contributed by atoms with E-state index in [1.165, 1.54) is 0 Å². The highest BCUT2D eigenvalue weighted by Crippen LogP contribution is 2.30. The molecule has 1 N–H and O–H groups in total. The molecule has 0 spiro atoms. The van der Waals surface area contributed by atoms with Crippen molar-refractivity contribution in [3.8, 4) is 17.2 Å². The number of fused-ring (bicyclic) bond motifs is 1. The van der Waals surface area contributed by atoms with E-state index in [0.29, 0.717) is 18.0 Å². The summed E-state index contributed by atoms with van der Waals surface area (Å²) < 4.78 is 16.5. The highest BCUT2D eigenvalue weighted by Gasteiger charge is 2.27. The quantitative estimate of drug-likeness (QED) is 0.940. The van der Waals surface area contributed by atoms with Gasteiger partial charge in [-0.1, -0.05) is 30.3 Å². The van der Waals surface area contributed by atoms with Crippen molar-refractivity contribution in [3.05, 3.63) is 54.1 Å². The van der Waals surface area contributed by atoms with E-state index < -0.39 is 6.10 Å². The zero-order valence-corrected chi connectivity index (χ0v) is 12.2. The van der Waals surface area contributed by atoms with Gasteiger partial charge < -0.3 is 19.5 Å². The molecule has 1 heterocycles. The molecule has 0 bridgehead atoms. The van der Waals surface area contributed by atoms with Gasteiger partial charge in [0.25, 0.3) is 5.91 Å². The van der Waals surface area contributed by atoms with Crippen molar-refractivity contribution in [1.29, 1.82) is 0 Å². The Balaban J connectivity index is 1.61. The van der Waals surface area contributed by atoms with E-state index in [-0.39, 0.29) is 12.5 Å². The standard InChI is InChI=1S/C17H17NO4/c1-20-13-7-3-2-6-12(13)10-18-17(19)16-11-21-14-8-4-5-9-15(14)22-16/h2-9,16H,10-11H2,1H3,(H,18,19)/t16-/m1/s1. The summed E-state index contributed by atoms with van der Waals surface area (Å²) in [5.41, 5.74) is 0.912. The van der Waals surface area contributed by atoms with Gasteiger partial charge in [-0.15, -0.1) is 0 Å². The van der Waals surface area contributed by atoms with Gasteiger partial charge in [-0.2, -0.15) is 0 Å². The van der Waals surface area contributed by atoms with Crippen LogP contribution in [0.5, 0.6) is 17.2 Å². The van der Waals surface area contributed by atoms with Crippen LogP contribution in [0.15, 0.2) is 48.5 Å². The van der Waals surface area contributed by atoms with Gasteiger partial charge in [-0.05, 0) is 18.2 Å². The first-order valence-electron chi connectivity index (χ1n) is 7.06. The predicted molar refractivity (Wildman–Crippen MR) is 81.2 cm³/mol. The molecule has 5 nitrogen and oxygen atoms in total. The molecule has 22 heavy (non-hydrogen) atoms. The zero-order chi connectivity index (χ0) is 15.4. The number of para-hydroxylation sites is 3. The van der Waals surface area contributed by atoms with Crippen LogP contribution in [0, 0.1) is 0 Å².